The van der Waals surface area contributed by atoms with E-state index < -0.39 is 0 Å². The van der Waals surface area contributed by atoms with Gasteiger partial charge in [-0.1, -0.05) is 72.8 Å². The third-order valence-corrected chi connectivity index (χ3v) is 7.61. The zero-order valence-corrected chi connectivity index (χ0v) is 24.2. The number of H-pyrrole nitrogens is 1. The molecule has 5 heteroatoms. The van der Waals surface area contributed by atoms with Gasteiger partial charge in [0, 0.05) is 48.5 Å². The highest BCUT2D eigenvalue weighted by atomic mass is 127. The molecule has 0 aliphatic rings. The molecule has 0 amide bonds. The predicted octanol–water partition coefficient (Wildman–Crippen LogP) is 9.81. The van der Waals surface area contributed by atoms with E-state index in [1.165, 1.54) is 14.3 Å². The number of benzene rings is 6. The predicted molar refractivity (Wildman–Crippen MR) is 179 cm³/mol. The van der Waals surface area contributed by atoms with Gasteiger partial charge in [0.15, 0.2) is 0 Å². The van der Waals surface area contributed by atoms with Crippen LogP contribution in [0.5, 0.6) is 11.5 Å². The molecule has 8 rings (SSSR count). The van der Waals surface area contributed by atoms with E-state index in [2.05, 4.69) is 74.6 Å². The van der Waals surface area contributed by atoms with Crippen molar-refractivity contribution in [2.24, 2.45) is 0 Å². The second-order valence-electron chi connectivity index (χ2n) is 9.59. The molecule has 200 valence electrons. The topological polar surface area (TPSA) is 61.2 Å². The molecule has 0 unspecified atom stereocenters. The summed E-state index contributed by atoms with van der Waals surface area (Å²) in [6, 6.07) is 47.8. The zero-order valence-electron chi connectivity index (χ0n) is 22.1. The Kier molecular flexibility index (Phi) is 7.60. The molecular weight excluding hydrogens is 619 g/mol. The summed E-state index contributed by atoms with van der Waals surface area (Å²) in [6.07, 6.45) is 0. The van der Waals surface area contributed by atoms with Gasteiger partial charge in [-0.25, -0.2) is 0 Å². The van der Waals surface area contributed by atoms with Crippen LogP contribution in [0.15, 0.2) is 146 Å². The molecule has 0 saturated carbocycles. The number of aromatic hydroxyl groups is 2. The van der Waals surface area contributed by atoms with Crippen LogP contribution in [0.4, 0.5) is 0 Å². The Bertz CT molecular complexity index is 2080. The van der Waals surface area contributed by atoms with E-state index in [1.807, 2.05) is 84.9 Å². The molecule has 0 saturated heterocycles. The second kappa shape index (κ2) is 11.8. The highest BCUT2D eigenvalue weighted by Gasteiger charge is 2.11. The largest absolute Gasteiger partial charge is 0.508 e. The molecule has 0 fully saturated rings. The highest BCUT2D eigenvalue weighted by molar-refractivity contribution is 14.1. The monoisotopic (exact) mass is 646 g/mol. The minimum Gasteiger partial charge on any atom is -0.508 e. The first kappa shape index (κ1) is 26.5. The van der Waals surface area contributed by atoms with Crippen molar-refractivity contribution in [2.45, 2.75) is 0 Å². The van der Waals surface area contributed by atoms with E-state index in [0.717, 1.165) is 38.5 Å². The lowest BCUT2D eigenvalue weighted by molar-refractivity contribution is 0.475. The third kappa shape index (κ3) is 5.62. The normalized spacial score (nSPS) is 10.8. The summed E-state index contributed by atoms with van der Waals surface area (Å²) in [5, 5.41) is 23.9. The summed E-state index contributed by atoms with van der Waals surface area (Å²) in [7, 11) is 0. The molecule has 0 spiro atoms. The smallest absolute Gasteiger partial charge is 0.117 e. The number of para-hydroxylation sites is 3. The Morgan fingerprint density at radius 3 is 1.71 bits per heavy atom. The molecule has 4 nitrogen and oxygen atoms in total. The first-order valence-corrected chi connectivity index (χ1v) is 14.3. The minimum atomic E-state index is 0.289. The fourth-order valence-corrected chi connectivity index (χ4v) is 5.49. The maximum atomic E-state index is 9.81. The van der Waals surface area contributed by atoms with E-state index in [1.54, 1.807) is 18.2 Å². The Balaban J connectivity index is 0.000000124. The fraction of sp³-hybridized carbons (Fsp3) is 0. The van der Waals surface area contributed by atoms with Crippen LogP contribution in [-0.4, -0.2) is 19.8 Å². The summed E-state index contributed by atoms with van der Waals surface area (Å²) in [4.78, 5) is 3.26. The molecule has 0 radical (unpaired) electrons. The number of aromatic nitrogens is 2. The van der Waals surface area contributed by atoms with E-state index in [-0.39, 0.29) is 5.75 Å². The second-order valence-corrected chi connectivity index (χ2v) is 10.8. The van der Waals surface area contributed by atoms with E-state index in [0.29, 0.717) is 5.75 Å². The van der Waals surface area contributed by atoms with Crippen molar-refractivity contribution in [2.75, 3.05) is 0 Å². The maximum absolute atomic E-state index is 9.81. The van der Waals surface area contributed by atoms with Gasteiger partial charge >= 0.3 is 0 Å². The van der Waals surface area contributed by atoms with Gasteiger partial charge in [0.25, 0.3) is 0 Å². The number of rotatable bonds is 1. The number of nitrogens with zero attached hydrogens (tertiary/aromatic N) is 1. The van der Waals surface area contributed by atoms with Gasteiger partial charge in [0.2, 0.25) is 0 Å². The van der Waals surface area contributed by atoms with Crippen LogP contribution in [0.1, 0.15) is 0 Å². The SMILES string of the molecule is Ic1ccccc1.Oc1ccc2c(c1)[nH]c1ccccc12.Oc1ccc2c3ccccc3n(-c3ccccc3)c2c1. The number of hydrogen-bond acceptors (Lipinski definition) is 2. The van der Waals surface area contributed by atoms with Crippen molar-refractivity contribution < 1.29 is 10.2 Å². The van der Waals surface area contributed by atoms with Crippen LogP contribution in [0, 0.1) is 3.57 Å². The molecule has 0 aliphatic carbocycles. The standard InChI is InChI=1S/C18H13NO.C12H9NO.C6H5I/c20-14-10-11-16-15-8-4-5-9-17(15)19(18(16)12-14)13-6-2-1-3-7-13;14-8-5-6-10-9-3-1-2-4-11(9)13-12(10)7-8;7-6-4-2-1-3-5-6/h1-12,20H;1-7,13-14H;1-5H. The zero-order chi connectivity index (χ0) is 28.2. The van der Waals surface area contributed by atoms with Crippen molar-refractivity contribution in [3.63, 3.8) is 0 Å². The fourth-order valence-electron chi connectivity index (χ4n) is 5.07. The van der Waals surface area contributed by atoms with Crippen LogP contribution in [-0.2, 0) is 0 Å². The summed E-state index contributed by atoms with van der Waals surface area (Å²) in [5.74, 6) is 0.585. The summed E-state index contributed by atoms with van der Waals surface area (Å²) in [5.41, 5.74) is 5.36. The van der Waals surface area contributed by atoms with Crippen molar-refractivity contribution in [1.29, 1.82) is 0 Å². The molecule has 6 aromatic carbocycles. The van der Waals surface area contributed by atoms with Gasteiger partial charge in [0.05, 0.1) is 16.6 Å². The number of fused-ring (bicyclic) bond motifs is 6. The highest BCUT2D eigenvalue weighted by Crippen LogP contribution is 2.33. The molecule has 0 atom stereocenters. The van der Waals surface area contributed by atoms with E-state index >= 15 is 0 Å². The number of aromatic amines is 1. The van der Waals surface area contributed by atoms with Gasteiger partial charge < -0.3 is 19.8 Å². The number of phenolic OH excluding ortho intramolecular Hbond substituents is 2. The van der Waals surface area contributed by atoms with Crippen LogP contribution >= 0.6 is 22.6 Å². The molecule has 2 aromatic heterocycles. The number of hydrogen-bond donors (Lipinski definition) is 3. The van der Waals surface area contributed by atoms with Crippen molar-refractivity contribution in [1.82, 2.24) is 9.55 Å². The van der Waals surface area contributed by atoms with Gasteiger partial charge in [0.1, 0.15) is 11.5 Å². The molecule has 0 aliphatic heterocycles. The molecule has 3 N–H and O–H groups in total. The average Bonchev–Trinajstić information content (AvgIpc) is 3.53. The molecular formula is C36H27IN2O2. The van der Waals surface area contributed by atoms with Crippen molar-refractivity contribution in [3.05, 3.63) is 149 Å². The number of phenols is 2. The molecule has 41 heavy (non-hydrogen) atoms. The first-order chi connectivity index (χ1) is 20.1. The van der Waals surface area contributed by atoms with Crippen LogP contribution in [0.3, 0.4) is 0 Å². The Morgan fingerprint density at radius 2 is 1.00 bits per heavy atom. The molecule has 2 heterocycles. The van der Waals surface area contributed by atoms with Crippen molar-refractivity contribution in [3.8, 4) is 17.2 Å². The van der Waals surface area contributed by atoms with Crippen LogP contribution < -0.4 is 0 Å². The Hall–Kier alpha value is -4.75. The molecule has 0 bridgehead atoms. The van der Waals surface area contributed by atoms with E-state index in [4.69, 9.17) is 0 Å². The summed E-state index contributed by atoms with van der Waals surface area (Å²) >= 11 is 2.28. The van der Waals surface area contributed by atoms with E-state index in [9.17, 15) is 10.2 Å². The summed E-state index contributed by atoms with van der Waals surface area (Å²) < 4.78 is 3.48. The van der Waals surface area contributed by atoms with Crippen LogP contribution in [0.2, 0.25) is 0 Å². The lowest BCUT2D eigenvalue weighted by atomic mass is 10.1. The van der Waals surface area contributed by atoms with Crippen molar-refractivity contribution >= 4 is 66.2 Å². The van der Waals surface area contributed by atoms with Gasteiger partial charge in [-0.3, -0.25) is 0 Å². The number of nitrogens with one attached hydrogen (secondary N) is 1. The maximum Gasteiger partial charge on any atom is 0.117 e. The Labute approximate surface area is 251 Å². The lowest BCUT2D eigenvalue weighted by Gasteiger charge is -2.07. The quantitative estimate of drug-likeness (QED) is 0.156. The van der Waals surface area contributed by atoms with Crippen LogP contribution in [0.25, 0.3) is 49.3 Å². The van der Waals surface area contributed by atoms with Gasteiger partial charge in [-0.2, -0.15) is 0 Å². The first-order valence-electron chi connectivity index (χ1n) is 13.3. The van der Waals surface area contributed by atoms with Gasteiger partial charge in [-0.05, 0) is 83.3 Å². The lowest BCUT2D eigenvalue weighted by Crippen LogP contribution is -1.92. The van der Waals surface area contributed by atoms with Gasteiger partial charge in [-0.15, -0.1) is 0 Å². The average molecular weight is 647 g/mol. The summed E-state index contributed by atoms with van der Waals surface area (Å²) in [6.45, 7) is 0. The number of halogens is 1. The molecule has 8 aromatic rings. The Morgan fingerprint density at radius 1 is 0.463 bits per heavy atom. The minimum absolute atomic E-state index is 0.289. The third-order valence-electron chi connectivity index (χ3n) is 6.89.